The molecule has 0 bridgehead atoms. The monoisotopic (exact) mass is 398 g/mol. The summed E-state index contributed by atoms with van der Waals surface area (Å²) in [4.78, 5) is 8.20. The van der Waals surface area contributed by atoms with Gasteiger partial charge in [0.05, 0.1) is 12.8 Å². The summed E-state index contributed by atoms with van der Waals surface area (Å²) in [7, 11) is 1.77. The van der Waals surface area contributed by atoms with E-state index in [1.165, 1.54) is 43.4 Å². The fraction of sp³-hybridized carbons (Fsp3) is 0.720. The first-order valence-corrected chi connectivity index (χ1v) is 11.7. The summed E-state index contributed by atoms with van der Waals surface area (Å²) in [5, 5.41) is 4.70. The summed E-state index contributed by atoms with van der Waals surface area (Å²) in [6.45, 7) is 10.7. The number of benzene rings is 1. The van der Waals surface area contributed by atoms with Crippen LogP contribution in [-0.2, 0) is 11.3 Å². The molecule has 0 radical (unpaired) electrons. The normalized spacial score (nSPS) is 32.0. The summed E-state index contributed by atoms with van der Waals surface area (Å²) >= 11 is 0. The molecule has 0 heterocycles. The lowest BCUT2D eigenvalue weighted by molar-refractivity contribution is 0.0850. The molecule has 4 rings (SSSR count). The topological polar surface area (TPSA) is 34.1 Å². The summed E-state index contributed by atoms with van der Waals surface area (Å²) < 4.78 is 5.46. The van der Waals surface area contributed by atoms with Crippen LogP contribution in [-0.4, -0.2) is 44.0 Å². The van der Waals surface area contributed by atoms with Gasteiger partial charge in [0.25, 0.3) is 0 Å². The van der Waals surface area contributed by atoms with Crippen LogP contribution in [0.15, 0.2) is 23.4 Å². The van der Waals surface area contributed by atoms with Gasteiger partial charge in [0.15, 0.2) is 0 Å². The molecular formula is C25H38N2O2. The Kier molecular flexibility index (Phi) is 6.19. The summed E-state index contributed by atoms with van der Waals surface area (Å²) in [5.41, 5.74) is 4.67. The van der Waals surface area contributed by atoms with Crippen LogP contribution < -0.4 is 4.74 Å². The average Bonchev–Trinajstić information content (AvgIpc) is 3.09. The number of hydrogen-bond donors (Lipinski definition) is 0. The van der Waals surface area contributed by atoms with E-state index in [4.69, 9.17) is 14.7 Å². The highest BCUT2D eigenvalue weighted by Gasteiger charge is 2.53. The van der Waals surface area contributed by atoms with E-state index in [1.54, 1.807) is 12.7 Å². The van der Waals surface area contributed by atoms with Crippen molar-refractivity contribution in [1.29, 1.82) is 0 Å². The minimum absolute atomic E-state index is 0.236. The van der Waals surface area contributed by atoms with Crippen molar-refractivity contribution in [3.8, 4) is 5.75 Å². The van der Waals surface area contributed by atoms with Gasteiger partial charge in [0.1, 0.15) is 12.4 Å². The molecule has 0 N–H and O–H groups in total. The standard InChI is InChI=1S/C25H38N2O2/c1-5-27(6-2)15-16-29-26-24-12-11-23-22-9-7-18-17-19(28-4)8-10-20(18)21(22)13-14-25(23,24)3/h8,10,17,21-23H,5-7,9,11-16H2,1-4H3/t21-,22-,23+,25+/m1/s1. The lowest BCUT2D eigenvalue weighted by Gasteiger charge is -2.49. The van der Waals surface area contributed by atoms with Crippen molar-refractivity contribution in [1.82, 2.24) is 4.90 Å². The van der Waals surface area contributed by atoms with Crippen molar-refractivity contribution in [2.45, 2.75) is 65.2 Å². The van der Waals surface area contributed by atoms with E-state index >= 15 is 0 Å². The third kappa shape index (κ3) is 3.81. The first-order valence-electron chi connectivity index (χ1n) is 11.7. The molecule has 0 aromatic heterocycles. The van der Waals surface area contributed by atoms with E-state index in [2.05, 4.69) is 43.9 Å². The number of nitrogens with zero attached hydrogens (tertiary/aromatic N) is 2. The number of likely N-dealkylation sites (N-methyl/N-ethyl adjacent to an activating group) is 1. The molecule has 2 fully saturated rings. The molecule has 160 valence electrons. The number of oxime groups is 1. The third-order valence-electron chi connectivity index (χ3n) is 8.24. The Hall–Kier alpha value is -1.55. The molecule has 1 aromatic rings. The zero-order chi connectivity index (χ0) is 20.4. The van der Waals surface area contributed by atoms with E-state index in [0.717, 1.165) is 43.6 Å². The van der Waals surface area contributed by atoms with Gasteiger partial charge in [-0.1, -0.05) is 32.0 Å². The Morgan fingerprint density at radius 1 is 1.14 bits per heavy atom. The van der Waals surface area contributed by atoms with Gasteiger partial charge in [0.2, 0.25) is 0 Å². The molecule has 3 aliphatic carbocycles. The van der Waals surface area contributed by atoms with Crippen molar-refractivity contribution in [2.24, 2.45) is 22.4 Å². The Labute approximate surface area is 176 Å². The Bertz CT molecular complexity index is 742. The van der Waals surface area contributed by atoms with Crippen LogP contribution in [0.1, 0.15) is 69.9 Å². The predicted octanol–water partition coefficient (Wildman–Crippen LogP) is 5.27. The second-order valence-corrected chi connectivity index (χ2v) is 9.37. The van der Waals surface area contributed by atoms with Crippen molar-refractivity contribution in [2.75, 3.05) is 33.4 Å². The van der Waals surface area contributed by atoms with Crippen molar-refractivity contribution in [3.05, 3.63) is 29.3 Å². The Morgan fingerprint density at radius 3 is 2.72 bits per heavy atom. The van der Waals surface area contributed by atoms with Gasteiger partial charge in [-0.15, -0.1) is 0 Å². The Balaban J connectivity index is 1.45. The molecule has 29 heavy (non-hydrogen) atoms. The minimum Gasteiger partial charge on any atom is -0.497 e. The molecule has 4 heteroatoms. The van der Waals surface area contributed by atoms with Gasteiger partial charge in [-0.2, -0.15) is 0 Å². The van der Waals surface area contributed by atoms with Gasteiger partial charge in [-0.25, -0.2) is 0 Å². The maximum atomic E-state index is 5.82. The third-order valence-corrected chi connectivity index (χ3v) is 8.24. The number of ether oxygens (including phenoxy) is 1. The van der Waals surface area contributed by atoms with E-state index < -0.39 is 0 Å². The van der Waals surface area contributed by atoms with Gasteiger partial charge in [0, 0.05) is 12.0 Å². The van der Waals surface area contributed by atoms with Crippen LogP contribution in [0.3, 0.4) is 0 Å². The van der Waals surface area contributed by atoms with Gasteiger partial charge >= 0.3 is 0 Å². The van der Waals surface area contributed by atoms with Crippen LogP contribution in [0.4, 0.5) is 0 Å². The van der Waals surface area contributed by atoms with Crippen LogP contribution in [0, 0.1) is 17.3 Å². The van der Waals surface area contributed by atoms with Gasteiger partial charge in [-0.3, -0.25) is 0 Å². The Morgan fingerprint density at radius 2 is 1.97 bits per heavy atom. The second kappa shape index (κ2) is 8.67. The molecule has 2 saturated carbocycles. The molecular weight excluding hydrogens is 360 g/mol. The largest absolute Gasteiger partial charge is 0.497 e. The minimum atomic E-state index is 0.236. The molecule has 4 nitrogen and oxygen atoms in total. The molecule has 1 aromatic carbocycles. The predicted molar refractivity (Wildman–Crippen MR) is 119 cm³/mol. The van der Waals surface area contributed by atoms with E-state index in [0.29, 0.717) is 12.5 Å². The fourth-order valence-corrected chi connectivity index (χ4v) is 6.46. The van der Waals surface area contributed by atoms with Crippen molar-refractivity contribution < 1.29 is 9.57 Å². The molecule has 0 saturated heterocycles. The zero-order valence-corrected chi connectivity index (χ0v) is 18.7. The zero-order valence-electron chi connectivity index (χ0n) is 18.7. The van der Waals surface area contributed by atoms with E-state index in [-0.39, 0.29) is 5.41 Å². The van der Waals surface area contributed by atoms with Gasteiger partial charge in [-0.05, 0) is 92.6 Å². The first kappa shape index (κ1) is 20.7. The lowest BCUT2D eigenvalue weighted by Crippen LogP contribution is -2.42. The van der Waals surface area contributed by atoms with E-state index in [1.807, 2.05) is 0 Å². The summed E-state index contributed by atoms with van der Waals surface area (Å²) in [5.74, 6) is 3.25. The average molecular weight is 399 g/mol. The number of rotatable bonds is 7. The highest BCUT2D eigenvalue weighted by atomic mass is 16.6. The molecule has 4 atom stereocenters. The fourth-order valence-electron chi connectivity index (χ4n) is 6.46. The van der Waals surface area contributed by atoms with Gasteiger partial charge < -0.3 is 14.5 Å². The highest BCUT2D eigenvalue weighted by Crippen LogP contribution is 2.60. The molecule has 0 spiro atoms. The van der Waals surface area contributed by atoms with Crippen LogP contribution in [0.5, 0.6) is 5.75 Å². The number of aryl methyl sites for hydroxylation is 1. The number of hydrogen-bond acceptors (Lipinski definition) is 4. The smallest absolute Gasteiger partial charge is 0.129 e. The number of methoxy groups -OCH3 is 1. The second-order valence-electron chi connectivity index (χ2n) is 9.37. The van der Waals surface area contributed by atoms with Crippen LogP contribution >= 0.6 is 0 Å². The number of fused-ring (bicyclic) bond motifs is 5. The quantitative estimate of drug-likeness (QED) is 0.464. The lowest BCUT2D eigenvalue weighted by atomic mass is 9.55. The summed E-state index contributed by atoms with van der Waals surface area (Å²) in [6, 6.07) is 6.76. The molecule has 0 aliphatic heterocycles. The van der Waals surface area contributed by atoms with Crippen LogP contribution in [0.25, 0.3) is 0 Å². The molecule has 3 aliphatic rings. The van der Waals surface area contributed by atoms with Crippen molar-refractivity contribution >= 4 is 5.71 Å². The van der Waals surface area contributed by atoms with Crippen LogP contribution in [0.2, 0.25) is 0 Å². The maximum absolute atomic E-state index is 5.82. The van der Waals surface area contributed by atoms with Crippen molar-refractivity contribution in [3.63, 3.8) is 0 Å². The van der Waals surface area contributed by atoms with E-state index in [9.17, 15) is 0 Å². The molecule has 0 amide bonds. The highest BCUT2D eigenvalue weighted by molar-refractivity contribution is 5.92. The maximum Gasteiger partial charge on any atom is 0.129 e. The summed E-state index contributed by atoms with van der Waals surface area (Å²) in [6.07, 6.45) is 7.40. The SMILES string of the molecule is CCN(CC)CCON=C1CC[C@H]2[C@@H]3CCc4cc(OC)ccc4[C@H]3CC[C@]12C. The molecule has 0 unspecified atom stereocenters. The first-order chi connectivity index (χ1) is 14.1.